The fourth-order valence-electron chi connectivity index (χ4n) is 4.29. The van der Waals surface area contributed by atoms with Gasteiger partial charge in [-0.15, -0.1) is 0 Å². The van der Waals surface area contributed by atoms with Crippen LogP contribution in [0, 0.1) is 5.21 Å². The lowest BCUT2D eigenvalue weighted by molar-refractivity contribution is -0.899. The van der Waals surface area contributed by atoms with Gasteiger partial charge in [0.1, 0.15) is 12.1 Å². The zero-order chi connectivity index (χ0) is 15.8. The van der Waals surface area contributed by atoms with Crippen LogP contribution in [-0.2, 0) is 6.42 Å². The van der Waals surface area contributed by atoms with Gasteiger partial charge in [-0.2, -0.15) is 0 Å². The molecule has 0 fully saturated rings. The standard InChI is InChI=1S/C18H17NO4/c1-19(21)7-6-10-8-13-18(23-9-22-13)15-11-4-2-3-5-12(11)17(20)16(19)14(10)15/h2-5,8,16-17,20H,6-7,9H2,1H3/t16-,17+,19?/m0/s1. The lowest BCUT2D eigenvalue weighted by atomic mass is 9.75. The van der Waals surface area contributed by atoms with E-state index >= 15 is 0 Å². The number of hydrogen-bond acceptors (Lipinski definition) is 4. The first-order valence-corrected chi connectivity index (χ1v) is 7.87. The molecule has 3 aliphatic rings. The Kier molecular flexibility index (Phi) is 2.48. The van der Waals surface area contributed by atoms with Gasteiger partial charge in [-0.3, -0.25) is 0 Å². The summed E-state index contributed by atoms with van der Waals surface area (Å²) < 4.78 is 10.8. The molecule has 1 unspecified atom stereocenters. The van der Waals surface area contributed by atoms with E-state index in [1.54, 1.807) is 7.05 Å². The minimum atomic E-state index is -0.805. The Morgan fingerprint density at radius 3 is 2.96 bits per heavy atom. The number of hydroxylamine groups is 3. The molecule has 5 nitrogen and oxygen atoms in total. The Bertz CT molecular complexity index is 830. The lowest BCUT2D eigenvalue weighted by Crippen LogP contribution is -2.49. The van der Waals surface area contributed by atoms with Gasteiger partial charge < -0.3 is 24.4 Å². The Hall–Kier alpha value is -2.08. The van der Waals surface area contributed by atoms with Crippen molar-refractivity contribution < 1.29 is 19.2 Å². The van der Waals surface area contributed by atoms with Gasteiger partial charge in [0.2, 0.25) is 6.79 Å². The summed E-state index contributed by atoms with van der Waals surface area (Å²) in [6, 6.07) is 9.18. The van der Waals surface area contributed by atoms with Crippen LogP contribution in [0.3, 0.4) is 0 Å². The summed E-state index contributed by atoms with van der Waals surface area (Å²) in [4.78, 5) is 0. The normalized spacial score (nSPS) is 29.9. The number of benzene rings is 2. The second-order valence-corrected chi connectivity index (χ2v) is 6.68. The Balaban J connectivity index is 1.91. The molecular formula is C18H17NO4. The second-order valence-electron chi connectivity index (χ2n) is 6.68. The van der Waals surface area contributed by atoms with E-state index in [1.165, 1.54) is 0 Å². The third-order valence-corrected chi connectivity index (χ3v) is 5.35. The van der Waals surface area contributed by atoms with Gasteiger partial charge in [-0.05, 0) is 22.8 Å². The predicted octanol–water partition coefficient (Wildman–Crippen LogP) is 2.67. The highest BCUT2D eigenvalue weighted by Gasteiger charge is 2.47. The van der Waals surface area contributed by atoms with Crippen molar-refractivity contribution in [3.05, 3.63) is 52.2 Å². The van der Waals surface area contributed by atoms with E-state index in [4.69, 9.17) is 9.47 Å². The van der Waals surface area contributed by atoms with Crippen LogP contribution >= 0.6 is 0 Å². The van der Waals surface area contributed by atoms with E-state index in [2.05, 4.69) is 0 Å². The van der Waals surface area contributed by atoms with Crippen molar-refractivity contribution in [3.8, 4) is 22.6 Å². The highest BCUT2D eigenvalue weighted by Crippen LogP contribution is 2.57. The van der Waals surface area contributed by atoms with Gasteiger partial charge in [0.05, 0.1) is 13.6 Å². The molecule has 1 N–H and O–H groups in total. The number of quaternary nitrogens is 1. The summed E-state index contributed by atoms with van der Waals surface area (Å²) in [5.41, 5.74) is 4.69. The molecule has 23 heavy (non-hydrogen) atoms. The predicted molar refractivity (Wildman–Crippen MR) is 83.8 cm³/mol. The van der Waals surface area contributed by atoms with Crippen molar-refractivity contribution in [2.24, 2.45) is 0 Å². The minimum Gasteiger partial charge on any atom is -0.632 e. The van der Waals surface area contributed by atoms with Gasteiger partial charge in [-0.1, -0.05) is 24.3 Å². The van der Waals surface area contributed by atoms with Crippen LogP contribution in [0.15, 0.2) is 30.3 Å². The fourth-order valence-corrected chi connectivity index (χ4v) is 4.29. The van der Waals surface area contributed by atoms with Gasteiger partial charge in [-0.25, -0.2) is 0 Å². The molecule has 0 saturated heterocycles. The quantitative estimate of drug-likeness (QED) is 0.600. The molecule has 5 heteroatoms. The lowest BCUT2D eigenvalue weighted by Gasteiger charge is -2.52. The molecular weight excluding hydrogens is 294 g/mol. The number of likely N-dealkylation sites (N-methyl/N-ethyl adjacent to an activating group) is 1. The van der Waals surface area contributed by atoms with E-state index in [0.717, 1.165) is 33.6 Å². The largest absolute Gasteiger partial charge is 0.632 e. The molecule has 2 aromatic rings. The van der Waals surface area contributed by atoms with Crippen LogP contribution < -0.4 is 9.47 Å². The Labute approximate surface area is 133 Å². The third kappa shape index (κ3) is 1.62. The summed E-state index contributed by atoms with van der Waals surface area (Å²) in [5.74, 6) is 1.45. The van der Waals surface area contributed by atoms with E-state index < -0.39 is 16.8 Å². The second kappa shape index (κ2) is 4.26. The molecule has 5 rings (SSSR count). The first-order valence-electron chi connectivity index (χ1n) is 7.87. The molecule has 3 atom stereocenters. The highest BCUT2D eigenvalue weighted by atomic mass is 16.7. The number of rotatable bonds is 0. The zero-order valence-corrected chi connectivity index (χ0v) is 12.8. The molecule has 118 valence electrons. The van der Waals surface area contributed by atoms with Gasteiger partial charge in [0, 0.05) is 17.5 Å². The smallest absolute Gasteiger partial charge is 0.231 e. The van der Waals surface area contributed by atoms with E-state index in [-0.39, 0.29) is 6.79 Å². The number of ether oxygens (including phenoxy) is 2. The molecule has 2 aromatic carbocycles. The molecule has 1 aliphatic carbocycles. The average molecular weight is 311 g/mol. The van der Waals surface area contributed by atoms with Crippen LogP contribution in [0.1, 0.15) is 28.8 Å². The maximum atomic E-state index is 13.1. The molecule has 0 spiro atoms. The fraction of sp³-hybridized carbons (Fsp3) is 0.333. The van der Waals surface area contributed by atoms with Crippen LogP contribution in [0.25, 0.3) is 11.1 Å². The summed E-state index contributed by atoms with van der Waals surface area (Å²) in [6.07, 6.45) is -0.120. The first kappa shape index (κ1) is 13.4. The van der Waals surface area contributed by atoms with Gasteiger partial charge in [0.15, 0.2) is 11.5 Å². The number of fused-ring (bicyclic) bond motifs is 4. The average Bonchev–Trinajstić information content (AvgIpc) is 3.00. The van der Waals surface area contributed by atoms with Crippen molar-refractivity contribution in [1.29, 1.82) is 0 Å². The van der Waals surface area contributed by atoms with Crippen molar-refractivity contribution in [1.82, 2.24) is 0 Å². The van der Waals surface area contributed by atoms with Crippen LogP contribution in [0.2, 0.25) is 0 Å². The van der Waals surface area contributed by atoms with E-state index in [0.29, 0.717) is 18.7 Å². The first-order chi connectivity index (χ1) is 11.1. The van der Waals surface area contributed by atoms with Gasteiger partial charge in [0.25, 0.3) is 0 Å². The van der Waals surface area contributed by atoms with Crippen LogP contribution in [0.4, 0.5) is 0 Å². The summed E-state index contributed by atoms with van der Waals surface area (Å²) >= 11 is 0. The number of nitrogens with zero attached hydrogens (tertiary/aromatic N) is 1. The Morgan fingerprint density at radius 2 is 2.09 bits per heavy atom. The van der Waals surface area contributed by atoms with Crippen LogP contribution in [0.5, 0.6) is 11.5 Å². The maximum Gasteiger partial charge on any atom is 0.231 e. The summed E-state index contributed by atoms with van der Waals surface area (Å²) in [5, 5.41) is 24.0. The topological polar surface area (TPSA) is 61.8 Å². The van der Waals surface area contributed by atoms with Crippen molar-refractivity contribution in [3.63, 3.8) is 0 Å². The van der Waals surface area contributed by atoms with E-state index in [9.17, 15) is 10.3 Å². The molecule has 0 amide bonds. The van der Waals surface area contributed by atoms with Crippen molar-refractivity contribution >= 4 is 0 Å². The highest BCUT2D eigenvalue weighted by molar-refractivity contribution is 5.84. The third-order valence-electron chi connectivity index (χ3n) is 5.35. The monoisotopic (exact) mass is 311 g/mol. The number of aliphatic hydroxyl groups is 1. The summed E-state index contributed by atoms with van der Waals surface area (Å²) in [6.45, 7) is 0.653. The van der Waals surface area contributed by atoms with Crippen LogP contribution in [-0.4, -0.2) is 30.1 Å². The number of hydrogen-bond donors (Lipinski definition) is 1. The summed E-state index contributed by atoms with van der Waals surface area (Å²) in [7, 11) is 1.65. The Morgan fingerprint density at radius 1 is 1.26 bits per heavy atom. The van der Waals surface area contributed by atoms with E-state index in [1.807, 2.05) is 30.3 Å². The molecule has 0 saturated carbocycles. The SMILES string of the molecule is C[N+]1([O-])CCc2cc3c(c4c2[C@H]1[C@H](O)c1ccccc1-4)OCO3. The van der Waals surface area contributed by atoms with Crippen molar-refractivity contribution in [2.45, 2.75) is 18.6 Å². The van der Waals surface area contributed by atoms with Gasteiger partial charge >= 0.3 is 0 Å². The molecule has 0 aromatic heterocycles. The maximum absolute atomic E-state index is 13.1. The van der Waals surface area contributed by atoms with Crippen molar-refractivity contribution in [2.75, 3.05) is 20.4 Å². The molecule has 0 bridgehead atoms. The zero-order valence-electron chi connectivity index (χ0n) is 12.8. The number of aliphatic hydroxyl groups excluding tert-OH is 1. The molecule has 2 heterocycles. The molecule has 2 aliphatic heterocycles. The minimum absolute atomic E-state index is 0.199. The molecule has 0 radical (unpaired) electrons.